The van der Waals surface area contributed by atoms with E-state index in [1.165, 1.54) is 47.4 Å². The van der Waals surface area contributed by atoms with E-state index < -0.39 is 33.9 Å². The third-order valence-electron chi connectivity index (χ3n) is 4.26. The van der Waals surface area contributed by atoms with Crippen molar-refractivity contribution in [2.45, 2.75) is 25.5 Å². The number of nitrogens with zero attached hydrogens (tertiary/aromatic N) is 1. The van der Waals surface area contributed by atoms with Gasteiger partial charge in [0.1, 0.15) is 11.9 Å². The van der Waals surface area contributed by atoms with Gasteiger partial charge in [0.2, 0.25) is 15.9 Å². The molecule has 1 aliphatic rings. The smallest absolute Gasteiger partial charge is 0.245 e. The van der Waals surface area contributed by atoms with Gasteiger partial charge in [0, 0.05) is 16.8 Å². The molecule has 0 radical (unpaired) electrons. The summed E-state index contributed by atoms with van der Waals surface area (Å²) < 4.78 is 41.7. The highest BCUT2D eigenvalue weighted by molar-refractivity contribution is 7.92. The fraction of sp³-hybridized carbons (Fsp3) is 0.278. The van der Waals surface area contributed by atoms with E-state index in [0.717, 1.165) is 5.41 Å². The summed E-state index contributed by atoms with van der Waals surface area (Å²) in [5, 5.41) is 10.5. The van der Waals surface area contributed by atoms with Crippen molar-refractivity contribution in [2.24, 2.45) is 0 Å². The number of halogens is 2. The number of amides is 1. The van der Waals surface area contributed by atoms with Gasteiger partial charge >= 0.3 is 0 Å². The van der Waals surface area contributed by atoms with Crippen molar-refractivity contribution in [1.29, 1.82) is 0 Å². The lowest BCUT2D eigenvalue weighted by molar-refractivity contribution is -0.118. The number of aliphatic hydroxyl groups is 1. The van der Waals surface area contributed by atoms with E-state index in [4.69, 9.17) is 11.6 Å². The van der Waals surface area contributed by atoms with Gasteiger partial charge in [0.25, 0.3) is 0 Å². The third-order valence-corrected chi connectivity index (χ3v) is 6.57. The molecule has 1 aromatic heterocycles. The number of anilines is 1. The number of thiophene rings is 1. The lowest BCUT2D eigenvalue weighted by Gasteiger charge is -2.18. The van der Waals surface area contributed by atoms with Gasteiger partial charge < -0.3 is 10.0 Å². The standard InChI is InChI=1S/C18H18ClFN2O4S2/c1-11(23)12-2-4-16(14(20)10-12)22-8-6-15(18(22)24)21-28(25,26)9-7-13-3-5-17(19)27-13/h2-5,7,9-11,15,21,23H,6,8H2,1H3/b9-7+. The number of aliphatic hydroxyl groups excluding tert-OH is 1. The first kappa shape index (κ1) is 20.9. The van der Waals surface area contributed by atoms with Gasteiger partial charge in [-0.05, 0) is 49.2 Å². The van der Waals surface area contributed by atoms with Gasteiger partial charge in [-0.2, -0.15) is 4.72 Å². The minimum atomic E-state index is -3.86. The van der Waals surface area contributed by atoms with Crippen molar-refractivity contribution in [2.75, 3.05) is 11.4 Å². The Kier molecular flexibility index (Phi) is 6.21. The van der Waals surface area contributed by atoms with Crippen LogP contribution in [-0.4, -0.2) is 32.0 Å². The Morgan fingerprint density at radius 2 is 2.14 bits per heavy atom. The Balaban J connectivity index is 1.71. The van der Waals surface area contributed by atoms with Gasteiger partial charge in [-0.25, -0.2) is 12.8 Å². The predicted molar refractivity (Wildman–Crippen MR) is 108 cm³/mol. The van der Waals surface area contributed by atoms with Crippen LogP contribution in [0.4, 0.5) is 10.1 Å². The van der Waals surface area contributed by atoms with Crippen LogP contribution in [0.3, 0.4) is 0 Å². The molecular formula is C18H18ClFN2O4S2. The highest BCUT2D eigenvalue weighted by Crippen LogP contribution is 2.28. The zero-order valence-corrected chi connectivity index (χ0v) is 17.2. The number of hydrogen-bond acceptors (Lipinski definition) is 5. The number of hydrogen-bond donors (Lipinski definition) is 2. The second kappa shape index (κ2) is 8.30. The van der Waals surface area contributed by atoms with Gasteiger partial charge in [-0.15, -0.1) is 11.3 Å². The molecule has 2 heterocycles. The van der Waals surface area contributed by atoms with Crippen LogP contribution in [0.2, 0.25) is 4.34 Å². The van der Waals surface area contributed by atoms with Crippen molar-refractivity contribution in [3.05, 3.63) is 56.3 Å². The molecule has 3 rings (SSSR count). The average molecular weight is 445 g/mol. The molecule has 28 heavy (non-hydrogen) atoms. The first-order valence-corrected chi connectivity index (χ1v) is 11.1. The summed E-state index contributed by atoms with van der Waals surface area (Å²) in [6.45, 7) is 1.69. The summed E-state index contributed by atoms with van der Waals surface area (Å²) in [6.07, 6.45) is 0.779. The number of carbonyl (C=O) groups excluding carboxylic acids is 1. The normalized spacial score (nSPS) is 18.9. The topological polar surface area (TPSA) is 86.7 Å². The maximum atomic E-state index is 14.3. The zero-order chi connectivity index (χ0) is 20.5. The quantitative estimate of drug-likeness (QED) is 0.715. The molecule has 0 bridgehead atoms. The second-order valence-corrected chi connectivity index (χ2v) is 9.67. The molecule has 0 spiro atoms. The zero-order valence-electron chi connectivity index (χ0n) is 14.8. The van der Waals surface area contributed by atoms with Crippen LogP contribution in [0.1, 0.15) is 29.9 Å². The van der Waals surface area contributed by atoms with Crippen molar-refractivity contribution in [3.8, 4) is 0 Å². The molecule has 6 nitrogen and oxygen atoms in total. The Morgan fingerprint density at radius 3 is 2.75 bits per heavy atom. The number of carbonyl (C=O) groups is 1. The molecule has 1 fully saturated rings. The molecule has 2 aromatic rings. The monoisotopic (exact) mass is 444 g/mol. The van der Waals surface area contributed by atoms with Gasteiger partial charge in [-0.3, -0.25) is 4.79 Å². The van der Waals surface area contributed by atoms with E-state index in [9.17, 15) is 22.7 Å². The molecular weight excluding hydrogens is 427 g/mol. The van der Waals surface area contributed by atoms with E-state index >= 15 is 0 Å². The maximum absolute atomic E-state index is 14.3. The largest absolute Gasteiger partial charge is 0.389 e. The van der Waals surface area contributed by atoms with E-state index in [0.29, 0.717) is 14.8 Å². The van der Waals surface area contributed by atoms with Crippen LogP contribution in [0.5, 0.6) is 0 Å². The lowest BCUT2D eigenvalue weighted by atomic mass is 10.1. The first-order chi connectivity index (χ1) is 13.2. The molecule has 10 heteroatoms. The second-order valence-electron chi connectivity index (χ2n) is 6.33. The van der Waals surface area contributed by atoms with E-state index in [1.807, 2.05) is 0 Å². The molecule has 2 unspecified atom stereocenters. The van der Waals surface area contributed by atoms with E-state index in [2.05, 4.69) is 4.72 Å². The van der Waals surface area contributed by atoms with Crippen LogP contribution in [-0.2, 0) is 14.8 Å². The van der Waals surface area contributed by atoms with Gasteiger partial charge in [0.15, 0.2) is 0 Å². The Morgan fingerprint density at radius 1 is 1.39 bits per heavy atom. The first-order valence-electron chi connectivity index (χ1n) is 8.41. The highest BCUT2D eigenvalue weighted by Gasteiger charge is 2.35. The molecule has 2 atom stereocenters. The van der Waals surface area contributed by atoms with Crippen LogP contribution in [0, 0.1) is 5.82 Å². The minimum absolute atomic E-state index is 0.0554. The summed E-state index contributed by atoms with van der Waals surface area (Å²) in [5.41, 5.74) is 0.448. The van der Waals surface area contributed by atoms with Crippen LogP contribution in [0.25, 0.3) is 6.08 Å². The van der Waals surface area contributed by atoms with Crippen molar-refractivity contribution in [1.82, 2.24) is 4.72 Å². The summed E-state index contributed by atoms with van der Waals surface area (Å²) in [5.74, 6) is -1.18. The number of rotatable bonds is 6. The molecule has 0 saturated carbocycles. The molecule has 150 valence electrons. The molecule has 2 N–H and O–H groups in total. The Labute approximate surface area is 171 Å². The highest BCUT2D eigenvalue weighted by atomic mass is 35.5. The molecule has 1 saturated heterocycles. The minimum Gasteiger partial charge on any atom is -0.389 e. The predicted octanol–water partition coefficient (Wildman–Crippen LogP) is 3.29. The summed E-state index contributed by atoms with van der Waals surface area (Å²) >= 11 is 7.03. The maximum Gasteiger partial charge on any atom is 0.245 e. The Hall–Kier alpha value is -1.78. The van der Waals surface area contributed by atoms with Crippen molar-refractivity contribution < 1.29 is 22.7 Å². The van der Waals surface area contributed by atoms with E-state index in [1.54, 1.807) is 12.1 Å². The number of sulfonamides is 1. The summed E-state index contributed by atoms with van der Waals surface area (Å²) in [6, 6.07) is 6.47. The van der Waals surface area contributed by atoms with Gasteiger partial charge in [-0.1, -0.05) is 17.7 Å². The fourth-order valence-electron chi connectivity index (χ4n) is 2.84. The number of benzene rings is 1. The molecule has 0 aliphatic carbocycles. The van der Waals surface area contributed by atoms with E-state index in [-0.39, 0.29) is 18.7 Å². The van der Waals surface area contributed by atoms with Gasteiger partial charge in [0.05, 0.1) is 16.1 Å². The van der Waals surface area contributed by atoms with Crippen LogP contribution < -0.4 is 9.62 Å². The fourth-order valence-corrected chi connectivity index (χ4v) is 4.91. The molecule has 1 aromatic carbocycles. The van der Waals surface area contributed by atoms with Crippen molar-refractivity contribution >= 4 is 50.6 Å². The SMILES string of the molecule is CC(O)c1ccc(N2CCC(NS(=O)(=O)/C=C/c3ccc(Cl)s3)C2=O)c(F)c1. The third kappa shape index (κ3) is 4.79. The summed E-state index contributed by atoms with van der Waals surface area (Å²) in [7, 11) is -3.86. The molecule has 1 aliphatic heterocycles. The average Bonchev–Trinajstić information content (AvgIpc) is 3.19. The Bertz CT molecular complexity index is 1020. The lowest BCUT2D eigenvalue weighted by Crippen LogP contribution is -2.40. The van der Waals surface area contributed by atoms with Crippen molar-refractivity contribution in [3.63, 3.8) is 0 Å². The van der Waals surface area contributed by atoms with Crippen LogP contribution >= 0.6 is 22.9 Å². The summed E-state index contributed by atoms with van der Waals surface area (Å²) in [4.78, 5) is 14.4. The molecule has 1 amide bonds. The number of nitrogens with one attached hydrogen (secondary N) is 1. The van der Waals surface area contributed by atoms with Crippen LogP contribution in [0.15, 0.2) is 35.7 Å².